The van der Waals surface area contributed by atoms with Gasteiger partial charge in [0.1, 0.15) is 23.7 Å². The molecule has 1 aromatic heterocycles. The highest BCUT2D eigenvalue weighted by atomic mass is 35.5. The van der Waals surface area contributed by atoms with Crippen molar-refractivity contribution in [3.63, 3.8) is 0 Å². The predicted molar refractivity (Wildman–Crippen MR) is 128 cm³/mol. The summed E-state index contributed by atoms with van der Waals surface area (Å²) in [5, 5.41) is 13.5. The van der Waals surface area contributed by atoms with Crippen LogP contribution in [0.5, 0.6) is 11.5 Å². The van der Waals surface area contributed by atoms with Crippen LogP contribution < -0.4 is 21.3 Å². The molecular weight excluding hydrogens is 493 g/mol. The Bertz CT molecular complexity index is 1440. The van der Waals surface area contributed by atoms with E-state index in [9.17, 15) is 23.9 Å². The van der Waals surface area contributed by atoms with Crippen molar-refractivity contribution >= 4 is 17.5 Å². The number of amides is 1. The van der Waals surface area contributed by atoms with Gasteiger partial charge in [-0.05, 0) is 18.6 Å². The van der Waals surface area contributed by atoms with Crippen LogP contribution in [-0.2, 0) is 16.0 Å². The van der Waals surface area contributed by atoms with Gasteiger partial charge in [0.05, 0.1) is 10.9 Å². The first-order valence-corrected chi connectivity index (χ1v) is 11.8. The number of benzene rings is 2. The molecule has 5 atom stereocenters. The maximum absolute atomic E-state index is 15.0. The SMILES string of the molecule is CCc1cn([C@@H]2O[C@H](CNC(=O)[C@@H]3c4ccccc4Oc4c(Cl)cccc43)[C@@H](O)[C@H]2F)c(=O)[nH]c1=O. The van der Waals surface area contributed by atoms with E-state index < -0.39 is 47.7 Å². The third-order valence-corrected chi connectivity index (χ3v) is 6.78. The average Bonchev–Trinajstić information content (AvgIpc) is 3.15. The molecule has 3 aromatic rings. The largest absolute Gasteiger partial charge is 0.455 e. The van der Waals surface area contributed by atoms with E-state index in [2.05, 4.69) is 10.3 Å². The lowest BCUT2D eigenvalue weighted by molar-refractivity contribution is -0.123. The number of fused-ring (bicyclic) bond motifs is 2. The van der Waals surface area contributed by atoms with Gasteiger partial charge < -0.3 is 19.9 Å². The highest BCUT2D eigenvalue weighted by Gasteiger charge is 2.46. The van der Waals surface area contributed by atoms with Gasteiger partial charge in [-0.15, -0.1) is 0 Å². The summed E-state index contributed by atoms with van der Waals surface area (Å²) in [6.45, 7) is 1.50. The molecule has 1 fully saturated rings. The van der Waals surface area contributed by atoms with E-state index in [0.29, 0.717) is 34.1 Å². The number of aryl methyl sites for hydroxylation is 1. The topological polar surface area (TPSA) is 123 Å². The van der Waals surface area contributed by atoms with E-state index in [-0.39, 0.29) is 12.1 Å². The number of aliphatic hydroxyl groups excluding tert-OH is 1. The fourth-order valence-electron chi connectivity index (χ4n) is 4.60. The Kier molecular flexibility index (Phi) is 6.42. The number of rotatable bonds is 5. The van der Waals surface area contributed by atoms with Crippen LogP contribution in [0.2, 0.25) is 5.02 Å². The molecule has 0 saturated carbocycles. The Morgan fingerprint density at radius 2 is 1.94 bits per heavy atom. The second-order valence-electron chi connectivity index (χ2n) is 8.65. The first kappa shape index (κ1) is 24.2. The minimum atomic E-state index is -1.96. The number of hydrogen-bond acceptors (Lipinski definition) is 6. The van der Waals surface area contributed by atoms with Crippen LogP contribution in [0.3, 0.4) is 0 Å². The first-order chi connectivity index (χ1) is 17.3. The zero-order valence-electron chi connectivity index (χ0n) is 19.1. The molecule has 5 rings (SSSR count). The number of para-hydroxylation sites is 2. The molecule has 11 heteroatoms. The smallest absolute Gasteiger partial charge is 0.330 e. The molecule has 3 heterocycles. The van der Waals surface area contributed by atoms with Gasteiger partial charge in [0.15, 0.2) is 12.4 Å². The van der Waals surface area contributed by atoms with E-state index in [4.69, 9.17) is 21.1 Å². The summed E-state index contributed by atoms with van der Waals surface area (Å²) in [4.78, 5) is 39.6. The van der Waals surface area contributed by atoms with E-state index in [1.54, 1.807) is 49.4 Å². The summed E-state index contributed by atoms with van der Waals surface area (Å²) in [6, 6.07) is 12.2. The summed E-state index contributed by atoms with van der Waals surface area (Å²) < 4.78 is 27.5. The van der Waals surface area contributed by atoms with Crippen molar-refractivity contribution in [2.75, 3.05) is 6.54 Å². The highest BCUT2D eigenvalue weighted by Crippen LogP contribution is 2.47. The number of H-pyrrole nitrogens is 1. The molecule has 2 aromatic carbocycles. The number of carbonyl (C=O) groups excluding carboxylic acids is 1. The van der Waals surface area contributed by atoms with Crippen molar-refractivity contribution in [1.82, 2.24) is 14.9 Å². The normalized spacial score (nSPS) is 24.5. The lowest BCUT2D eigenvalue weighted by Crippen LogP contribution is -2.41. The number of halogens is 2. The van der Waals surface area contributed by atoms with Gasteiger partial charge in [-0.1, -0.05) is 48.9 Å². The molecule has 0 radical (unpaired) electrons. The third kappa shape index (κ3) is 4.11. The summed E-state index contributed by atoms with van der Waals surface area (Å²) in [5.41, 5.74) is 0.0559. The molecular formula is C25H23ClFN3O6. The second-order valence-corrected chi connectivity index (χ2v) is 9.06. The number of alkyl halides is 1. The number of aromatic nitrogens is 2. The van der Waals surface area contributed by atoms with Crippen molar-refractivity contribution in [2.45, 2.75) is 43.9 Å². The molecule has 36 heavy (non-hydrogen) atoms. The zero-order valence-corrected chi connectivity index (χ0v) is 19.9. The lowest BCUT2D eigenvalue weighted by atomic mass is 9.87. The third-order valence-electron chi connectivity index (χ3n) is 6.48. The summed E-state index contributed by atoms with van der Waals surface area (Å²) >= 11 is 6.31. The van der Waals surface area contributed by atoms with E-state index in [0.717, 1.165) is 4.57 Å². The van der Waals surface area contributed by atoms with Gasteiger partial charge in [0.2, 0.25) is 5.91 Å². The number of ether oxygens (including phenoxy) is 2. The molecule has 0 unspecified atom stereocenters. The van der Waals surface area contributed by atoms with Crippen LogP contribution in [0.1, 0.15) is 35.8 Å². The Morgan fingerprint density at radius 1 is 1.19 bits per heavy atom. The quantitative estimate of drug-likeness (QED) is 0.479. The van der Waals surface area contributed by atoms with Crippen molar-refractivity contribution in [1.29, 1.82) is 0 Å². The number of carbonyl (C=O) groups is 1. The van der Waals surface area contributed by atoms with Crippen molar-refractivity contribution < 1.29 is 23.8 Å². The number of hydrogen-bond donors (Lipinski definition) is 3. The van der Waals surface area contributed by atoms with Crippen molar-refractivity contribution in [3.8, 4) is 11.5 Å². The monoisotopic (exact) mass is 515 g/mol. The molecule has 0 aliphatic carbocycles. The van der Waals surface area contributed by atoms with Crippen LogP contribution in [-0.4, -0.2) is 45.5 Å². The van der Waals surface area contributed by atoms with Gasteiger partial charge in [-0.25, -0.2) is 9.18 Å². The minimum Gasteiger partial charge on any atom is -0.455 e. The maximum atomic E-state index is 15.0. The summed E-state index contributed by atoms with van der Waals surface area (Å²) in [7, 11) is 0. The number of aromatic amines is 1. The van der Waals surface area contributed by atoms with Gasteiger partial charge in [0.25, 0.3) is 5.56 Å². The molecule has 9 nitrogen and oxygen atoms in total. The lowest BCUT2D eigenvalue weighted by Gasteiger charge is -2.28. The predicted octanol–water partition coefficient (Wildman–Crippen LogP) is 2.40. The zero-order chi connectivity index (χ0) is 25.6. The van der Waals surface area contributed by atoms with Crippen LogP contribution in [0.4, 0.5) is 4.39 Å². The van der Waals surface area contributed by atoms with Gasteiger partial charge in [0, 0.05) is 29.4 Å². The van der Waals surface area contributed by atoms with E-state index in [1.165, 1.54) is 6.20 Å². The van der Waals surface area contributed by atoms with Crippen molar-refractivity contribution in [2.24, 2.45) is 0 Å². The number of nitrogens with zero attached hydrogens (tertiary/aromatic N) is 1. The number of nitrogens with one attached hydrogen (secondary N) is 2. The van der Waals surface area contributed by atoms with Crippen LogP contribution in [0.15, 0.2) is 58.3 Å². The molecule has 3 N–H and O–H groups in total. The maximum Gasteiger partial charge on any atom is 0.330 e. The Morgan fingerprint density at radius 3 is 2.72 bits per heavy atom. The Hall–Kier alpha value is -3.47. The van der Waals surface area contributed by atoms with Gasteiger partial charge >= 0.3 is 5.69 Å². The molecule has 1 saturated heterocycles. The van der Waals surface area contributed by atoms with Crippen LogP contribution >= 0.6 is 11.6 Å². The fraction of sp³-hybridized carbons (Fsp3) is 0.320. The molecule has 1 amide bonds. The van der Waals surface area contributed by atoms with Crippen molar-refractivity contribution in [3.05, 3.63) is 91.2 Å². The van der Waals surface area contributed by atoms with Crippen LogP contribution in [0, 0.1) is 0 Å². The molecule has 2 aliphatic heterocycles. The minimum absolute atomic E-state index is 0.217. The second kappa shape index (κ2) is 9.53. The molecule has 188 valence electrons. The van der Waals surface area contributed by atoms with Crippen LogP contribution in [0.25, 0.3) is 0 Å². The fourth-order valence-corrected chi connectivity index (χ4v) is 4.82. The Labute approximate surface area is 209 Å². The highest BCUT2D eigenvalue weighted by molar-refractivity contribution is 6.32. The summed E-state index contributed by atoms with van der Waals surface area (Å²) in [5.74, 6) is -0.307. The standard InChI is InChI=1S/C25H23ClFN3O6/c1-2-12-11-30(25(34)29-22(12)32)24-19(27)20(31)17(36-24)10-28-23(33)18-13-6-3-4-9-16(13)35-21-14(18)7-5-8-15(21)26/h3-9,11,17-20,24,31H,2,10H2,1H3,(H,28,33)(H,29,32,34)/t17-,18-,19-,20-,24-/m1/s1. The molecule has 0 bridgehead atoms. The van der Waals surface area contributed by atoms with Gasteiger partial charge in [-0.2, -0.15) is 0 Å². The van der Waals surface area contributed by atoms with Gasteiger partial charge in [-0.3, -0.25) is 19.1 Å². The van der Waals surface area contributed by atoms with E-state index in [1.807, 2.05) is 0 Å². The number of aliphatic hydroxyl groups is 1. The van der Waals surface area contributed by atoms with E-state index >= 15 is 0 Å². The summed E-state index contributed by atoms with van der Waals surface area (Å²) in [6.07, 6.45) is -4.61. The molecule has 0 spiro atoms. The Balaban J connectivity index is 1.37. The average molecular weight is 516 g/mol. The first-order valence-electron chi connectivity index (χ1n) is 11.4. The molecule has 2 aliphatic rings.